The largest absolute Gasteiger partial charge is 0.399 e. The Labute approximate surface area is 103 Å². The zero-order valence-corrected chi connectivity index (χ0v) is 9.45. The number of nitrogens with two attached hydrogens (primary N) is 1. The van der Waals surface area contributed by atoms with E-state index in [0.717, 1.165) is 12.4 Å². The number of aliphatic imine (C=N–C) groups is 1. The molecule has 0 saturated heterocycles. The van der Waals surface area contributed by atoms with Crippen LogP contribution < -0.4 is 11.1 Å². The number of rotatable bonds is 5. The number of hydrogen-bond donors (Lipinski definition) is 2. The monoisotopic (exact) mass is 248 g/mol. The van der Waals surface area contributed by atoms with E-state index < -0.39 is 4.92 Å². The van der Waals surface area contributed by atoms with Crippen LogP contribution in [0.15, 0.2) is 47.2 Å². The standard InChI is InChI=1S/C11H12N4O3/c12-6-10(15(17)18)7-13-8-11(16)14-9-4-2-1-3-5-9/h1-7H,8,12H2,(H,14,16). The van der Waals surface area contributed by atoms with Crippen molar-refractivity contribution in [1.29, 1.82) is 0 Å². The molecular formula is C11H12N4O3. The quantitative estimate of drug-likeness (QED) is 0.455. The molecule has 1 aromatic rings. The Hall–Kier alpha value is -2.70. The molecule has 3 N–H and O–H groups in total. The second kappa shape index (κ2) is 6.79. The first-order valence-electron chi connectivity index (χ1n) is 5.04. The van der Waals surface area contributed by atoms with Crippen LogP contribution in [0.1, 0.15) is 0 Å². The molecule has 0 radical (unpaired) electrons. The van der Waals surface area contributed by atoms with Crippen LogP contribution >= 0.6 is 0 Å². The van der Waals surface area contributed by atoms with Gasteiger partial charge in [0.25, 0.3) is 0 Å². The van der Waals surface area contributed by atoms with Gasteiger partial charge in [0.1, 0.15) is 12.8 Å². The maximum absolute atomic E-state index is 11.4. The van der Waals surface area contributed by atoms with Crippen molar-refractivity contribution in [3.8, 4) is 0 Å². The minimum atomic E-state index is -0.682. The number of carbonyl (C=O) groups is 1. The molecule has 0 heterocycles. The summed E-state index contributed by atoms with van der Waals surface area (Å²) in [6, 6.07) is 8.83. The number of anilines is 1. The van der Waals surface area contributed by atoms with Crippen LogP contribution in [-0.4, -0.2) is 23.6 Å². The number of nitrogens with zero attached hydrogens (tertiary/aromatic N) is 2. The second-order valence-corrected chi connectivity index (χ2v) is 3.23. The third kappa shape index (κ3) is 4.44. The van der Waals surface area contributed by atoms with Gasteiger partial charge in [-0.2, -0.15) is 0 Å². The smallest absolute Gasteiger partial charge is 0.302 e. The SMILES string of the molecule is NC=C(C=NCC(=O)Nc1ccccc1)[N+](=O)[O-]. The van der Waals surface area contributed by atoms with E-state index in [1.807, 2.05) is 6.07 Å². The van der Waals surface area contributed by atoms with Crippen LogP contribution in [0.4, 0.5) is 5.69 Å². The number of amides is 1. The minimum absolute atomic E-state index is 0.208. The van der Waals surface area contributed by atoms with Crippen molar-refractivity contribution in [2.24, 2.45) is 10.7 Å². The summed E-state index contributed by atoms with van der Waals surface area (Å²) in [5.74, 6) is -0.364. The molecule has 1 rings (SSSR count). The maximum atomic E-state index is 11.4. The lowest BCUT2D eigenvalue weighted by molar-refractivity contribution is -0.414. The molecule has 0 aliphatic carbocycles. The van der Waals surface area contributed by atoms with Crippen molar-refractivity contribution in [3.63, 3.8) is 0 Å². The second-order valence-electron chi connectivity index (χ2n) is 3.23. The Bertz CT molecular complexity index is 482. The number of nitro groups is 1. The predicted octanol–water partition coefficient (Wildman–Crippen LogP) is 0.773. The summed E-state index contributed by atoms with van der Waals surface area (Å²) in [5.41, 5.74) is 5.30. The first-order chi connectivity index (χ1) is 8.63. The van der Waals surface area contributed by atoms with E-state index in [0.29, 0.717) is 5.69 Å². The molecule has 0 aromatic heterocycles. The summed E-state index contributed by atoms with van der Waals surface area (Å²) in [5, 5.41) is 13.0. The lowest BCUT2D eigenvalue weighted by Gasteiger charge is -2.01. The van der Waals surface area contributed by atoms with Gasteiger partial charge in [0.2, 0.25) is 5.91 Å². The van der Waals surface area contributed by atoms with Gasteiger partial charge in [-0.15, -0.1) is 0 Å². The van der Waals surface area contributed by atoms with Crippen LogP contribution in [0.25, 0.3) is 0 Å². The van der Waals surface area contributed by atoms with Gasteiger partial charge < -0.3 is 11.1 Å². The molecule has 0 saturated carbocycles. The van der Waals surface area contributed by atoms with Gasteiger partial charge in [0, 0.05) is 5.69 Å². The zero-order valence-electron chi connectivity index (χ0n) is 9.45. The van der Waals surface area contributed by atoms with E-state index in [1.165, 1.54) is 0 Å². The first kappa shape index (κ1) is 13.4. The average Bonchev–Trinajstić information content (AvgIpc) is 2.35. The van der Waals surface area contributed by atoms with Gasteiger partial charge >= 0.3 is 5.70 Å². The van der Waals surface area contributed by atoms with Gasteiger partial charge in [-0.05, 0) is 12.1 Å². The summed E-state index contributed by atoms with van der Waals surface area (Å²) in [6.07, 6.45) is 1.77. The van der Waals surface area contributed by atoms with E-state index in [4.69, 9.17) is 5.73 Å². The highest BCUT2D eigenvalue weighted by molar-refractivity contribution is 5.93. The van der Waals surface area contributed by atoms with E-state index in [-0.39, 0.29) is 18.1 Å². The maximum Gasteiger partial charge on any atom is 0.302 e. The fourth-order valence-electron chi connectivity index (χ4n) is 1.10. The normalized spacial score (nSPS) is 11.4. The number of carbonyl (C=O) groups excluding carboxylic acids is 1. The molecule has 94 valence electrons. The van der Waals surface area contributed by atoms with Crippen molar-refractivity contribution in [1.82, 2.24) is 0 Å². The summed E-state index contributed by atoms with van der Waals surface area (Å²) in [6.45, 7) is -0.208. The first-order valence-corrected chi connectivity index (χ1v) is 5.04. The summed E-state index contributed by atoms with van der Waals surface area (Å²) >= 11 is 0. The lowest BCUT2D eigenvalue weighted by Crippen LogP contribution is -2.15. The fourth-order valence-corrected chi connectivity index (χ4v) is 1.10. The summed E-state index contributed by atoms with van der Waals surface area (Å²) in [7, 11) is 0. The number of para-hydroxylation sites is 1. The third-order valence-corrected chi connectivity index (χ3v) is 1.90. The number of nitrogens with one attached hydrogen (secondary N) is 1. The Morgan fingerprint density at radius 2 is 2.11 bits per heavy atom. The zero-order chi connectivity index (χ0) is 13.4. The molecule has 1 aromatic carbocycles. The fraction of sp³-hybridized carbons (Fsp3) is 0.0909. The highest BCUT2D eigenvalue weighted by Crippen LogP contribution is 2.04. The van der Waals surface area contributed by atoms with Crippen molar-refractivity contribution in [2.75, 3.05) is 11.9 Å². The Morgan fingerprint density at radius 1 is 1.44 bits per heavy atom. The van der Waals surface area contributed by atoms with Crippen molar-refractivity contribution < 1.29 is 9.72 Å². The molecular weight excluding hydrogens is 236 g/mol. The van der Waals surface area contributed by atoms with Gasteiger partial charge in [-0.25, -0.2) is 0 Å². The van der Waals surface area contributed by atoms with Crippen LogP contribution in [0.3, 0.4) is 0 Å². The van der Waals surface area contributed by atoms with Crippen molar-refractivity contribution in [2.45, 2.75) is 0 Å². The molecule has 0 spiro atoms. The third-order valence-electron chi connectivity index (χ3n) is 1.90. The average molecular weight is 248 g/mol. The Kier molecular flexibility index (Phi) is 5.04. The predicted molar refractivity (Wildman–Crippen MR) is 67.7 cm³/mol. The van der Waals surface area contributed by atoms with Crippen molar-refractivity contribution in [3.05, 3.63) is 52.3 Å². The minimum Gasteiger partial charge on any atom is -0.399 e. The number of allylic oxidation sites excluding steroid dienone is 1. The van der Waals surface area contributed by atoms with Crippen LogP contribution in [0, 0.1) is 10.1 Å². The number of hydrogen-bond acceptors (Lipinski definition) is 5. The molecule has 1 amide bonds. The van der Waals surface area contributed by atoms with Gasteiger partial charge in [0.15, 0.2) is 0 Å². The van der Waals surface area contributed by atoms with E-state index in [9.17, 15) is 14.9 Å². The van der Waals surface area contributed by atoms with Gasteiger partial charge in [-0.3, -0.25) is 19.9 Å². The van der Waals surface area contributed by atoms with Crippen LogP contribution in [0.5, 0.6) is 0 Å². The molecule has 0 unspecified atom stereocenters. The van der Waals surface area contributed by atoms with Crippen LogP contribution in [0.2, 0.25) is 0 Å². The molecule has 0 atom stereocenters. The van der Waals surface area contributed by atoms with E-state index >= 15 is 0 Å². The lowest BCUT2D eigenvalue weighted by atomic mass is 10.3. The Balaban J connectivity index is 2.47. The summed E-state index contributed by atoms with van der Waals surface area (Å²) in [4.78, 5) is 24.7. The molecule has 0 bridgehead atoms. The van der Waals surface area contributed by atoms with E-state index in [2.05, 4.69) is 10.3 Å². The molecule has 7 heteroatoms. The molecule has 0 aliphatic rings. The topological polar surface area (TPSA) is 111 Å². The highest BCUT2D eigenvalue weighted by Gasteiger charge is 2.05. The molecule has 0 fully saturated rings. The number of benzene rings is 1. The van der Waals surface area contributed by atoms with Crippen molar-refractivity contribution >= 4 is 17.8 Å². The van der Waals surface area contributed by atoms with Crippen LogP contribution in [-0.2, 0) is 4.79 Å². The van der Waals surface area contributed by atoms with E-state index in [1.54, 1.807) is 24.3 Å². The Morgan fingerprint density at radius 3 is 2.67 bits per heavy atom. The summed E-state index contributed by atoms with van der Waals surface area (Å²) < 4.78 is 0. The molecule has 7 nitrogen and oxygen atoms in total. The van der Waals surface area contributed by atoms with Gasteiger partial charge in [-0.1, -0.05) is 18.2 Å². The van der Waals surface area contributed by atoms with Gasteiger partial charge in [0.05, 0.1) is 11.1 Å². The molecule has 0 aliphatic heterocycles. The highest BCUT2D eigenvalue weighted by atomic mass is 16.6. The molecule has 18 heavy (non-hydrogen) atoms.